The molecule has 1 aromatic rings. The van der Waals surface area contributed by atoms with Gasteiger partial charge in [0.15, 0.2) is 9.84 Å². The maximum atomic E-state index is 12.1. The van der Waals surface area contributed by atoms with E-state index in [4.69, 9.17) is 9.84 Å². The number of hydrogen-bond acceptors (Lipinski definition) is 8. The Kier molecular flexibility index (Phi) is 5.10. The van der Waals surface area contributed by atoms with Crippen molar-refractivity contribution in [1.29, 1.82) is 0 Å². The van der Waals surface area contributed by atoms with Gasteiger partial charge in [-0.25, -0.2) is 18.0 Å². The summed E-state index contributed by atoms with van der Waals surface area (Å²) in [7, 11) is -1.85. The number of ether oxygens (including phenoxy) is 1. The molecule has 0 bridgehead atoms. The van der Waals surface area contributed by atoms with E-state index in [0.717, 1.165) is 0 Å². The van der Waals surface area contributed by atoms with Crippen LogP contribution in [0.15, 0.2) is 28.9 Å². The van der Waals surface area contributed by atoms with Crippen molar-refractivity contribution in [3.05, 3.63) is 40.3 Å². The molecule has 0 fully saturated rings. The van der Waals surface area contributed by atoms with E-state index in [1.807, 2.05) is 0 Å². The summed E-state index contributed by atoms with van der Waals surface area (Å²) in [6, 6.07) is 1.71. The highest BCUT2D eigenvalue weighted by atomic mass is 32.2. The molecule has 1 aromatic heterocycles. The van der Waals surface area contributed by atoms with E-state index in [2.05, 4.69) is 10.4 Å². The highest BCUT2D eigenvalue weighted by Crippen LogP contribution is 2.29. The van der Waals surface area contributed by atoms with Crippen LogP contribution in [-0.2, 0) is 42.9 Å². The van der Waals surface area contributed by atoms with Gasteiger partial charge in [-0.1, -0.05) is 0 Å². The predicted molar refractivity (Wildman–Crippen MR) is 93.8 cm³/mol. The highest BCUT2D eigenvalue weighted by molar-refractivity contribution is 8.03. The third-order valence-corrected chi connectivity index (χ3v) is 6.68. The zero-order chi connectivity index (χ0) is 18.9. The van der Waals surface area contributed by atoms with Crippen molar-refractivity contribution in [2.24, 2.45) is 0 Å². The van der Waals surface area contributed by atoms with Crippen molar-refractivity contribution in [3.63, 3.8) is 0 Å². The van der Waals surface area contributed by atoms with Gasteiger partial charge in [0.25, 0.3) is 0 Å². The fraction of sp³-hybridized carbons (Fsp3) is 0.400. The molecule has 0 saturated carbocycles. The molecule has 0 amide bonds. The van der Waals surface area contributed by atoms with Crippen LogP contribution in [0.2, 0.25) is 0 Å². The Bertz CT molecular complexity index is 916. The second kappa shape index (κ2) is 7.16. The van der Waals surface area contributed by atoms with Gasteiger partial charge in [-0.15, -0.1) is 11.8 Å². The van der Waals surface area contributed by atoms with E-state index in [0.29, 0.717) is 24.4 Å². The van der Waals surface area contributed by atoms with E-state index < -0.39 is 27.0 Å². The lowest BCUT2D eigenvalue weighted by atomic mass is 10.1. The minimum Gasteiger partial charge on any atom is -0.477 e. The first-order valence-electron chi connectivity index (χ1n) is 7.69. The predicted octanol–water partition coefficient (Wildman–Crippen LogP) is 0.0419. The normalized spacial score (nSPS) is 21.5. The first-order chi connectivity index (χ1) is 12.3. The van der Waals surface area contributed by atoms with Crippen LogP contribution in [0.1, 0.15) is 11.4 Å². The lowest BCUT2D eigenvalue weighted by Crippen LogP contribution is -2.24. The third-order valence-electron chi connectivity index (χ3n) is 4.02. The van der Waals surface area contributed by atoms with Crippen LogP contribution in [0.4, 0.5) is 0 Å². The molecule has 2 N–H and O–H groups in total. The number of aliphatic carboxylic acids is 1. The van der Waals surface area contributed by atoms with Gasteiger partial charge >= 0.3 is 11.9 Å². The quantitative estimate of drug-likeness (QED) is 0.675. The van der Waals surface area contributed by atoms with Gasteiger partial charge < -0.3 is 15.2 Å². The van der Waals surface area contributed by atoms with Crippen molar-refractivity contribution in [2.45, 2.75) is 24.0 Å². The second-order valence-corrected chi connectivity index (χ2v) is 9.10. The number of hydrogen-bond donors (Lipinski definition) is 2. The van der Waals surface area contributed by atoms with Crippen LogP contribution >= 0.6 is 11.8 Å². The van der Waals surface area contributed by atoms with Gasteiger partial charge in [-0.05, 0) is 6.07 Å². The number of aromatic nitrogens is 2. The molecule has 2 aliphatic heterocycles. The number of carboxylic acids is 1. The molecular formula is C15H17N3O6S2. The molecule has 0 spiro atoms. The van der Waals surface area contributed by atoms with Crippen LogP contribution in [0.25, 0.3) is 0 Å². The standard InChI is InChI=1S/C15H17N3O6S2/c1-24-15(21)11-6-16-12(14(19)20)7-25-13(11)5-9-4-10-8-26(22,23)3-2-18(10)17-9/h4,6-7,13,16H,2-3,5,8H2,1H3,(H,19,20). The van der Waals surface area contributed by atoms with Crippen molar-refractivity contribution >= 4 is 33.5 Å². The number of methoxy groups -OCH3 is 1. The molecular weight excluding hydrogens is 382 g/mol. The maximum absolute atomic E-state index is 12.1. The number of nitrogens with zero attached hydrogens (tertiary/aromatic N) is 2. The van der Waals surface area contributed by atoms with Crippen molar-refractivity contribution in [1.82, 2.24) is 15.1 Å². The first-order valence-corrected chi connectivity index (χ1v) is 10.5. The summed E-state index contributed by atoms with van der Waals surface area (Å²) < 4.78 is 29.9. The van der Waals surface area contributed by atoms with Gasteiger partial charge in [0.05, 0.1) is 42.1 Å². The number of esters is 1. The molecule has 0 radical (unpaired) electrons. The Morgan fingerprint density at radius 1 is 1.50 bits per heavy atom. The summed E-state index contributed by atoms with van der Waals surface area (Å²) in [6.07, 6.45) is 1.66. The number of fused-ring (bicyclic) bond motifs is 1. The smallest absolute Gasteiger partial charge is 0.352 e. The third kappa shape index (κ3) is 3.93. The molecule has 0 saturated heterocycles. The lowest BCUT2D eigenvalue weighted by molar-refractivity contribution is -0.136. The SMILES string of the molecule is COC(=O)C1=CNC(C(=O)O)=CSC1Cc1cc2n(n1)CCS(=O)(=O)C2. The zero-order valence-corrected chi connectivity index (χ0v) is 15.5. The van der Waals surface area contributed by atoms with Crippen LogP contribution in [0, 0.1) is 0 Å². The molecule has 0 aromatic carbocycles. The molecule has 3 rings (SSSR count). The van der Waals surface area contributed by atoms with Crippen molar-refractivity contribution in [2.75, 3.05) is 12.9 Å². The lowest BCUT2D eigenvalue weighted by Gasteiger charge is -2.14. The number of rotatable bonds is 4. The monoisotopic (exact) mass is 399 g/mol. The molecule has 2 aliphatic rings. The number of thioether (sulfide) groups is 1. The molecule has 1 atom stereocenters. The minimum absolute atomic E-state index is 0.0471. The summed E-state index contributed by atoms with van der Waals surface area (Å²) in [5.41, 5.74) is 1.49. The van der Waals surface area contributed by atoms with Gasteiger partial charge in [0, 0.05) is 23.3 Å². The zero-order valence-electron chi connectivity index (χ0n) is 13.8. The fourth-order valence-electron chi connectivity index (χ4n) is 2.72. The molecule has 11 heteroatoms. The second-order valence-electron chi connectivity index (χ2n) is 5.84. The number of carboxylic acid groups (broad SMARTS) is 1. The molecule has 1 unspecified atom stereocenters. The fourth-order valence-corrected chi connectivity index (χ4v) is 5.05. The average Bonchev–Trinajstić information content (AvgIpc) is 2.83. The maximum Gasteiger partial charge on any atom is 0.352 e. The summed E-state index contributed by atoms with van der Waals surface area (Å²) in [5.74, 6) is -1.70. The number of sulfone groups is 1. The molecule has 140 valence electrons. The molecule has 26 heavy (non-hydrogen) atoms. The van der Waals surface area contributed by atoms with Crippen LogP contribution in [0.5, 0.6) is 0 Å². The Balaban J connectivity index is 1.86. The summed E-state index contributed by atoms with van der Waals surface area (Å²) in [6.45, 7) is 0.305. The Morgan fingerprint density at radius 3 is 2.96 bits per heavy atom. The van der Waals surface area contributed by atoms with E-state index in [9.17, 15) is 18.0 Å². The minimum atomic E-state index is -3.10. The molecule has 3 heterocycles. The number of carbonyl (C=O) groups excluding carboxylic acids is 1. The molecule has 0 aliphatic carbocycles. The van der Waals surface area contributed by atoms with Crippen molar-refractivity contribution < 1.29 is 27.9 Å². The van der Waals surface area contributed by atoms with Crippen LogP contribution < -0.4 is 5.32 Å². The Labute approximate surface area is 154 Å². The topological polar surface area (TPSA) is 128 Å². The largest absolute Gasteiger partial charge is 0.477 e. The van der Waals surface area contributed by atoms with Gasteiger partial charge in [-0.2, -0.15) is 5.10 Å². The van der Waals surface area contributed by atoms with E-state index in [-0.39, 0.29) is 22.8 Å². The van der Waals surface area contributed by atoms with Crippen molar-refractivity contribution in [3.8, 4) is 0 Å². The Morgan fingerprint density at radius 2 is 2.27 bits per heavy atom. The number of aryl methyl sites for hydroxylation is 1. The number of nitrogens with one attached hydrogen (secondary N) is 1. The first kappa shape index (κ1) is 18.5. The van der Waals surface area contributed by atoms with Gasteiger partial charge in [0.2, 0.25) is 0 Å². The summed E-state index contributed by atoms with van der Waals surface area (Å²) in [5, 5.41) is 17.1. The summed E-state index contributed by atoms with van der Waals surface area (Å²) >= 11 is 1.17. The van der Waals surface area contributed by atoms with Gasteiger partial charge in [0.1, 0.15) is 5.70 Å². The molecule has 9 nitrogen and oxygen atoms in total. The van der Waals surface area contributed by atoms with E-state index >= 15 is 0 Å². The van der Waals surface area contributed by atoms with E-state index in [1.54, 1.807) is 10.7 Å². The van der Waals surface area contributed by atoms with Gasteiger partial charge in [-0.3, -0.25) is 4.68 Å². The van der Waals surface area contributed by atoms with Crippen LogP contribution in [-0.4, -0.2) is 53.4 Å². The summed E-state index contributed by atoms with van der Waals surface area (Å²) in [4.78, 5) is 23.2. The number of carbonyl (C=O) groups is 2. The van der Waals surface area contributed by atoms with Crippen LogP contribution in [0.3, 0.4) is 0 Å². The highest BCUT2D eigenvalue weighted by Gasteiger charge is 2.28. The van der Waals surface area contributed by atoms with E-state index in [1.165, 1.54) is 30.5 Å². The average molecular weight is 399 g/mol. The Hall–Kier alpha value is -2.27.